The van der Waals surface area contributed by atoms with Crippen LogP contribution >= 0.6 is 23.1 Å². The summed E-state index contributed by atoms with van der Waals surface area (Å²) in [6.07, 6.45) is 0.0890. The van der Waals surface area contributed by atoms with E-state index < -0.39 is 0 Å². The molecule has 0 aliphatic rings. The molecule has 0 fully saturated rings. The number of benzene rings is 1. The number of nitrogens with one attached hydrogen (secondary N) is 1. The Balaban J connectivity index is 1.57. The normalized spacial score (nSPS) is 10.7. The molecule has 3 aromatic rings. The molecule has 31 heavy (non-hydrogen) atoms. The van der Waals surface area contributed by atoms with Gasteiger partial charge in [-0.25, -0.2) is 4.98 Å². The minimum absolute atomic E-state index is 0.0890. The summed E-state index contributed by atoms with van der Waals surface area (Å²) in [4.78, 5) is 30.1. The summed E-state index contributed by atoms with van der Waals surface area (Å²) in [7, 11) is 5.84. The van der Waals surface area contributed by atoms with Crippen LogP contribution in [0.1, 0.15) is 12.6 Å². The van der Waals surface area contributed by atoms with Gasteiger partial charge in [0.15, 0.2) is 16.1 Å². The molecule has 3 rings (SSSR count). The number of amides is 1. The first-order valence-corrected chi connectivity index (χ1v) is 11.4. The van der Waals surface area contributed by atoms with Gasteiger partial charge < -0.3 is 19.5 Å². The molecule has 164 valence electrons. The second-order valence-electron chi connectivity index (χ2n) is 6.77. The van der Waals surface area contributed by atoms with Crippen molar-refractivity contribution in [1.29, 1.82) is 0 Å². The quantitative estimate of drug-likeness (QED) is 0.384. The van der Waals surface area contributed by atoms with Gasteiger partial charge >= 0.3 is 5.97 Å². The Bertz CT molecular complexity index is 1060. The van der Waals surface area contributed by atoms with Crippen LogP contribution in [0.5, 0.6) is 0 Å². The van der Waals surface area contributed by atoms with Gasteiger partial charge in [-0.05, 0) is 19.1 Å². The van der Waals surface area contributed by atoms with E-state index in [4.69, 9.17) is 4.74 Å². The second kappa shape index (κ2) is 10.4. The number of carbonyl (C=O) groups excluding carboxylic acids is 2. The van der Waals surface area contributed by atoms with Crippen LogP contribution in [0.3, 0.4) is 0 Å². The lowest BCUT2D eigenvalue weighted by atomic mass is 10.2. The van der Waals surface area contributed by atoms with E-state index in [1.807, 2.05) is 54.9 Å². The first-order chi connectivity index (χ1) is 14.9. The Labute approximate surface area is 188 Å². The van der Waals surface area contributed by atoms with Gasteiger partial charge in [-0.3, -0.25) is 9.59 Å². The highest BCUT2D eigenvalue weighted by molar-refractivity contribution is 7.99. The Morgan fingerprint density at radius 3 is 2.84 bits per heavy atom. The number of hydrogen-bond donors (Lipinski definition) is 1. The van der Waals surface area contributed by atoms with Gasteiger partial charge in [0.2, 0.25) is 5.91 Å². The van der Waals surface area contributed by atoms with Gasteiger partial charge in [0.1, 0.15) is 0 Å². The summed E-state index contributed by atoms with van der Waals surface area (Å²) in [5, 5.41) is 14.1. The minimum atomic E-state index is -0.338. The summed E-state index contributed by atoms with van der Waals surface area (Å²) in [6.45, 7) is 2.08. The molecule has 9 nitrogen and oxygen atoms in total. The number of carbonyl (C=O) groups is 2. The zero-order valence-corrected chi connectivity index (χ0v) is 19.4. The van der Waals surface area contributed by atoms with E-state index >= 15 is 0 Å². The number of thiazole rings is 1. The lowest BCUT2D eigenvalue weighted by Gasteiger charge is -2.13. The highest BCUT2D eigenvalue weighted by Crippen LogP contribution is 2.26. The number of anilines is 2. The van der Waals surface area contributed by atoms with Crippen molar-refractivity contribution in [3.8, 4) is 11.4 Å². The van der Waals surface area contributed by atoms with Crippen LogP contribution < -0.4 is 10.2 Å². The Kier molecular flexibility index (Phi) is 7.64. The monoisotopic (exact) mass is 460 g/mol. The topological polar surface area (TPSA) is 102 Å². The Morgan fingerprint density at radius 2 is 2.10 bits per heavy atom. The number of thioether (sulfide) groups is 1. The maximum absolute atomic E-state index is 12.3. The average Bonchev–Trinajstić information content (AvgIpc) is 3.32. The predicted octanol–water partition coefficient (Wildman–Crippen LogP) is 2.84. The average molecular weight is 461 g/mol. The molecule has 0 atom stereocenters. The summed E-state index contributed by atoms with van der Waals surface area (Å²) in [5.41, 5.74) is 2.60. The van der Waals surface area contributed by atoms with Crippen molar-refractivity contribution in [2.24, 2.45) is 7.05 Å². The molecule has 11 heteroatoms. The molecule has 1 amide bonds. The highest BCUT2D eigenvalue weighted by atomic mass is 32.2. The van der Waals surface area contributed by atoms with Gasteiger partial charge in [-0.2, -0.15) is 0 Å². The van der Waals surface area contributed by atoms with E-state index in [1.54, 1.807) is 12.3 Å². The number of esters is 1. The number of aromatic nitrogens is 4. The van der Waals surface area contributed by atoms with Gasteiger partial charge in [-0.1, -0.05) is 23.9 Å². The molecule has 0 spiro atoms. The summed E-state index contributed by atoms with van der Waals surface area (Å²) < 4.78 is 6.77. The van der Waals surface area contributed by atoms with Crippen molar-refractivity contribution >= 4 is 45.8 Å². The molecule has 2 aromatic heterocycles. The van der Waals surface area contributed by atoms with Crippen LogP contribution in [0.2, 0.25) is 0 Å². The number of hydrogen-bond acceptors (Lipinski definition) is 9. The lowest BCUT2D eigenvalue weighted by Crippen LogP contribution is -2.14. The second-order valence-corrected chi connectivity index (χ2v) is 8.57. The summed E-state index contributed by atoms with van der Waals surface area (Å²) in [6, 6.07) is 8.02. The zero-order valence-electron chi connectivity index (χ0n) is 17.8. The van der Waals surface area contributed by atoms with Gasteiger partial charge in [0.05, 0.1) is 24.5 Å². The molecule has 2 heterocycles. The van der Waals surface area contributed by atoms with E-state index in [2.05, 4.69) is 20.5 Å². The first kappa shape index (κ1) is 22.8. The molecule has 0 radical (unpaired) electrons. The fourth-order valence-electron chi connectivity index (χ4n) is 2.71. The fraction of sp³-hybridized carbons (Fsp3) is 0.350. The van der Waals surface area contributed by atoms with E-state index in [1.165, 1.54) is 23.1 Å². The van der Waals surface area contributed by atoms with Crippen LogP contribution in [-0.4, -0.2) is 58.1 Å². The SMILES string of the molecule is CCOC(=O)Cc1csc(NC(=O)CSc2nnc(-c3cccc(N(C)C)c3)n2C)n1. The van der Waals surface area contributed by atoms with E-state index in [9.17, 15) is 9.59 Å². The third-order valence-electron chi connectivity index (χ3n) is 4.22. The largest absolute Gasteiger partial charge is 0.466 e. The molecule has 0 bridgehead atoms. The molecular weight excluding hydrogens is 436 g/mol. The van der Waals surface area contributed by atoms with E-state index in [0.29, 0.717) is 22.6 Å². The Morgan fingerprint density at radius 1 is 1.29 bits per heavy atom. The lowest BCUT2D eigenvalue weighted by molar-refractivity contribution is -0.142. The smallest absolute Gasteiger partial charge is 0.311 e. The maximum atomic E-state index is 12.3. The van der Waals surface area contributed by atoms with Crippen molar-refractivity contribution in [3.05, 3.63) is 35.3 Å². The van der Waals surface area contributed by atoms with E-state index in [-0.39, 0.29) is 24.1 Å². The number of ether oxygens (including phenoxy) is 1. The van der Waals surface area contributed by atoms with Gasteiger partial charge in [-0.15, -0.1) is 21.5 Å². The number of rotatable bonds is 9. The summed E-state index contributed by atoms with van der Waals surface area (Å²) >= 11 is 2.56. The molecule has 0 unspecified atom stereocenters. The van der Waals surface area contributed by atoms with Crippen molar-refractivity contribution < 1.29 is 14.3 Å². The molecule has 1 aromatic carbocycles. The van der Waals surface area contributed by atoms with E-state index in [0.717, 1.165) is 17.1 Å². The summed E-state index contributed by atoms with van der Waals surface area (Å²) in [5.74, 6) is 0.350. The van der Waals surface area contributed by atoms with Crippen LogP contribution in [-0.2, 0) is 27.8 Å². The van der Waals surface area contributed by atoms with Gasteiger partial charge in [0, 0.05) is 37.8 Å². The molecule has 0 saturated carbocycles. The maximum Gasteiger partial charge on any atom is 0.311 e. The zero-order chi connectivity index (χ0) is 22.4. The van der Waals surface area contributed by atoms with Crippen molar-refractivity contribution in [2.75, 3.05) is 36.7 Å². The third-order valence-corrected chi connectivity index (χ3v) is 6.04. The van der Waals surface area contributed by atoms with Crippen LogP contribution in [0.4, 0.5) is 10.8 Å². The van der Waals surface area contributed by atoms with Crippen LogP contribution in [0, 0.1) is 0 Å². The third kappa shape index (κ3) is 6.05. The van der Waals surface area contributed by atoms with Gasteiger partial charge in [0.25, 0.3) is 0 Å². The molecule has 1 N–H and O–H groups in total. The molecule has 0 aliphatic carbocycles. The minimum Gasteiger partial charge on any atom is -0.466 e. The van der Waals surface area contributed by atoms with Crippen LogP contribution in [0.15, 0.2) is 34.8 Å². The molecular formula is C20H24N6O3S2. The Hall–Kier alpha value is -2.92. The standard InChI is InChI=1S/C20H24N6O3S2/c1-5-29-17(28)10-14-11-30-19(21-14)22-16(27)12-31-20-24-23-18(26(20)4)13-7-6-8-15(9-13)25(2)3/h6-9,11H,5,10,12H2,1-4H3,(H,21,22,27). The highest BCUT2D eigenvalue weighted by Gasteiger charge is 2.15. The number of nitrogens with zero attached hydrogens (tertiary/aromatic N) is 5. The molecule has 0 saturated heterocycles. The van der Waals surface area contributed by atoms with Crippen molar-refractivity contribution in [2.45, 2.75) is 18.5 Å². The first-order valence-electron chi connectivity index (χ1n) is 9.57. The molecule has 0 aliphatic heterocycles. The predicted molar refractivity (Wildman–Crippen MR) is 123 cm³/mol. The van der Waals surface area contributed by atoms with Crippen molar-refractivity contribution in [3.63, 3.8) is 0 Å². The fourth-order valence-corrected chi connectivity index (χ4v) is 4.14. The van der Waals surface area contributed by atoms with Crippen molar-refractivity contribution in [1.82, 2.24) is 19.7 Å². The van der Waals surface area contributed by atoms with Crippen LogP contribution in [0.25, 0.3) is 11.4 Å².